The highest BCUT2D eigenvalue weighted by atomic mass is 127. The van der Waals surface area contributed by atoms with E-state index in [0.717, 1.165) is 14.7 Å². The van der Waals surface area contributed by atoms with E-state index in [1.165, 1.54) is 0 Å². The first-order chi connectivity index (χ1) is 69.9. The van der Waals surface area contributed by atoms with Gasteiger partial charge < -0.3 is 146 Å². The molecule has 0 bridgehead atoms. The number of carboxylic acids is 8. The number of hydrogen-bond donors (Lipinski definition) is 18. The smallest absolute Gasteiger partial charge is 0.326 e. The maximum Gasteiger partial charge on any atom is 0.326 e. The van der Waals surface area contributed by atoms with Crippen molar-refractivity contribution in [2.45, 2.75) is 133 Å². The van der Waals surface area contributed by atoms with E-state index in [-0.39, 0.29) is 214 Å². The number of rotatable bonds is 80. The summed E-state index contributed by atoms with van der Waals surface area (Å²) < 4.78 is 64.3. The van der Waals surface area contributed by atoms with Gasteiger partial charge in [0.05, 0.1) is 191 Å². The molecule has 4 aromatic rings. The quantitative estimate of drug-likeness (QED) is 0.0168. The molecule has 1 aliphatic heterocycles. The lowest BCUT2D eigenvalue weighted by molar-refractivity contribution is -0.142. The standard InChI is InChI=1S/C93H142IN17O33S/c94-70-17-13-68(14-18-70)59-81(114)95-25-4-2-11-75(88(126)127)102-80(113)24-37-135-41-45-139-48-50-141-52-54-143-56-57-144-55-53-142-51-49-140-46-42-136-38-28-96-87(125)74(10-1-6-27-98-93(145)100-71-19-15-67(16-20-71)58-73-61-109(65-85(121)122)32-31-107(63-83(117)118)29-30-108(64-84(119)120)33-34-110(73)66-86(123)124)101-79(112)23-36-134-40-44-138-47-43-137-39-35-111-62-78(105-106-111)69-8-7-9-72(60-69)99-91(132)97-26-5-3-12-76(89(128)129)103-92(133)104-77(90(130)131)21-22-82(115)116/h7-9,13-20,60,62,73-77H,1-6,10-12,21-59,61,63-66H2,(H,95,114)(H,96,125)(H,101,112)(H,102,113)(H,115,116)(H,117,118)(H,119,120)(H,121,122)(H,123,124)(H,126,127)(H,128,129)(H,130,131)(H2,97,99,132)(H2,98,100,145)(H2,103,104,133)/t73?,74-,75-,76-,77-/m0/s1. The van der Waals surface area contributed by atoms with Gasteiger partial charge in [0, 0.05) is 118 Å². The van der Waals surface area contributed by atoms with Gasteiger partial charge in [-0.05, 0) is 153 Å². The second-order valence-electron chi connectivity index (χ2n) is 33.2. The van der Waals surface area contributed by atoms with Gasteiger partial charge in [0.25, 0.3) is 0 Å². The number of unbranched alkanes of at least 4 members (excludes halogenated alkanes) is 3. The number of halogens is 1. The molecule has 2 heterocycles. The fourth-order valence-electron chi connectivity index (χ4n) is 14.1. The Kier molecular flexibility index (Phi) is 65.5. The van der Waals surface area contributed by atoms with Crippen molar-refractivity contribution in [1.29, 1.82) is 0 Å². The molecule has 0 radical (unpaired) electrons. The predicted molar refractivity (Wildman–Crippen MR) is 534 cm³/mol. The first kappa shape index (κ1) is 124. The molecule has 8 amide bonds. The van der Waals surface area contributed by atoms with Crippen LogP contribution in [0.3, 0.4) is 0 Å². The Balaban J connectivity index is 0.954. The molecule has 3 aromatic carbocycles. The van der Waals surface area contributed by atoms with Crippen LogP contribution in [0.15, 0.2) is 79.0 Å². The average molecular weight is 2190 g/mol. The third kappa shape index (κ3) is 61.8. The van der Waals surface area contributed by atoms with Crippen LogP contribution in [0, 0.1) is 3.57 Å². The number of nitrogens with one attached hydrogen (secondary N) is 10. The predicted octanol–water partition coefficient (Wildman–Crippen LogP) is 1.20. The average Bonchev–Trinajstić information content (AvgIpc) is 1.77. The summed E-state index contributed by atoms with van der Waals surface area (Å²) in [5, 5.41) is 112. The van der Waals surface area contributed by atoms with Crippen LogP contribution in [0.25, 0.3) is 11.3 Å². The Labute approximate surface area is 859 Å². The van der Waals surface area contributed by atoms with E-state index in [0.29, 0.717) is 140 Å². The summed E-state index contributed by atoms with van der Waals surface area (Å²) in [6.45, 7) is 6.72. The van der Waals surface area contributed by atoms with E-state index in [4.69, 9.17) is 69.4 Å². The second kappa shape index (κ2) is 76.4. The van der Waals surface area contributed by atoms with E-state index >= 15 is 0 Å². The number of ether oxygens (including phenoxy) is 11. The Morgan fingerprint density at radius 2 is 0.814 bits per heavy atom. The Morgan fingerprint density at radius 1 is 0.386 bits per heavy atom. The highest BCUT2D eigenvalue weighted by Gasteiger charge is 2.31. The first-order valence-electron chi connectivity index (χ1n) is 48.0. The number of aromatic nitrogens is 3. The van der Waals surface area contributed by atoms with E-state index < -0.39 is 134 Å². The van der Waals surface area contributed by atoms with Gasteiger partial charge in [0.15, 0.2) is 5.11 Å². The molecule has 1 aliphatic rings. The first-order valence-corrected chi connectivity index (χ1v) is 49.5. The van der Waals surface area contributed by atoms with Crippen molar-refractivity contribution >= 4 is 135 Å². The van der Waals surface area contributed by atoms with Crippen molar-refractivity contribution in [3.63, 3.8) is 0 Å². The Bertz CT molecular complexity index is 4500. The minimum atomic E-state index is -1.54. The molecule has 1 unspecified atom stereocenters. The van der Waals surface area contributed by atoms with Crippen molar-refractivity contribution < 1.29 is 160 Å². The summed E-state index contributed by atoms with van der Waals surface area (Å²) in [4.78, 5) is 177. The number of nitrogens with zero attached hydrogens (tertiary/aromatic N) is 7. The SMILES string of the molecule is O=C(O)CC[C@H](NC(=O)N[C@@H](CCCCNC(=O)Nc1cccc(-c2cn(CCOCCOCCOCCC(=O)N[C@@H](CCCCNC(=S)Nc3ccc(CC4CN(CC(=O)O)CCN(CC(=O)O)CCN(CC(=O)O)CCN4CC(=O)O)cc3)C(=O)NCCOCCOCCOCCOCCOCCOCCOCCOCCC(=O)N[C@@H](CCCCNC(=O)Cc3ccc(I)cc3)C(=O)O)nn2)c1)C(=O)O)C(=O)O. The van der Waals surface area contributed by atoms with Crippen molar-refractivity contribution in [1.82, 2.24) is 77.1 Å². The van der Waals surface area contributed by atoms with Crippen LogP contribution in [0.2, 0.25) is 0 Å². The number of carbonyl (C=O) groups excluding carboxylic acids is 6. The number of amides is 8. The van der Waals surface area contributed by atoms with Crippen molar-refractivity contribution in [3.05, 3.63) is 93.7 Å². The molecule has 50 nitrogen and oxygen atoms in total. The van der Waals surface area contributed by atoms with Crippen LogP contribution < -0.4 is 53.2 Å². The number of carbonyl (C=O) groups is 14. The highest BCUT2D eigenvalue weighted by Crippen LogP contribution is 2.22. The van der Waals surface area contributed by atoms with Crippen LogP contribution in [0.1, 0.15) is 94.6 Å². The van der Waals surface area contributed by atoms with Gasteiger partial charge in [-0.25, -0.2) is 28.7 Å². The molecule has 18 N–H and O–H groups in total. The maximum absolute atomic E-state index is 13.7. The fraction of sp³-hybridized carbons (Fsp3) is 0.624. The topological polar surface area (TPSA) is 666 Å². The van der Waals surface area contributed by atoms with Gasteiger partial charge in [-0.2, -0.15) is 0 Å². The molecule has 0 aliphatic carbocycles. The van der Waals surface area contributed by atoms with E-state index in [9.17, 15) is 103 Å². The fourth-order valence-corrected chi connectivity index (χ4v) is 14.7. The van der Waals surface area contributed by atoms with E-state index in [1.807, 2.05) is 36.4 Å². The van der Waals surface area contributed by atoms with Gasteiger partial charge in [0.2, 0.25) is 23.6 Å². The number of aliphatic carboxylic acids is 8. The van der Waals surface area contributed by atoms with E-state index in [1.54, 1.807) is 66.9 Å². The largest absolute Gasteiger partial charge is 0.481 e. The number of anilines is 2. The Hall–Kier alpha value is -11.2. The molecule has 1 aromatic heterocycles. The zero-order valence-electron chi connectivity index (χ0n) is 81.6. The molecule has 5 atom stereocenters. The normalized spacial score (nSPS) is 14.2. The number of thiocarbonyl (C=S) groups is 1. The van der Waals surface area contributed by atoms with Crippen molar-refractivity contribution in [3.8, 4) is 11.3 Å². The number of benzene rings is 3. The summed E-state index contributed by atoms with van der Waals surface area (Å²) in [6.07, 6.45) is 4.33. The number of carboxylic acid groups (broad SMARTS) is 8. The molecule has 5 rings (SSSR count). The highest BCUT2D eigenvalue weighted by molar-refractivity contribution is 14.1. The molecular formula is C93H142IN17O33S. The summed E-state index contributed by atoms with van der Waals surface area (Å²) >= 11 is 7.83. The molecule has 1 fully saturated rings. The lowest BCUT2D eigenvalue weighted by Crippen LogP contribution is -2.53. The minimum absolute atomic E-state index is 0.0112. The van der Waals surface area contributed by atoms with Crippen molar-refractivity contribution in [2.75, 3.05) is 254 Å². The summed E-state index contributed by atoms with van der Waals surface area (Å²) in [7, 11) is 0. The maximum atomic E-state index is 13.7. The van der Waals surface area contributed by atoms with Gasteiger partial charge in [-0.3, -0.25) is 62.8 Å². The molecule has 0 saturated carbocycles. The Morgan fingerprint density at radius 3 is 1.31 bits per heavy atom. The minimum Gasteiger partial charge on any atom is -0.481 e. The summed E-state index contributed by atoms with van der Waals surface area (Å²) in [6, 6.07) is 14.6. The zero-order chi connectivity index (χ0) is 105. The van der Waals surface area contributed by atoms with Crippen LogP contribution in [-0.4, -0.2) is 438 Å². The number of urea groups is 2. The van der Waals surface area contributed by atoms with Crippen LogP contribution >= 0.6 is 34.8 Å². The molecule has 810 valence electrons. The molecule has 145 heavy (non-hydrogen) atoms. The monoisotopic (exact) mass is 2180 g/mol. The molecule has 0 spiro atoms. The van der Waals surface area contributed by atoms with Gasteiger partial charge in [-0.1, -0.05) is 41.6 Å². The third-order valence-electron chi connectivity index (χ3n) is 21.6. The number of hydrogen-bond acceptors (Lipinski definition) is 32. The van der Waals surface area contributed by atoms with Crippen LogP contribution in [0.4, 0.5) is 21.0 Å². The molecule has 1 saturated heterocycles. The van der Waals surface area contributed by atoms with Gasteiger partial charge in [-0.15, -0.1) is 5.10 Å². The zero-order valence-corrected chi connectivity index (χ0v) is 84.5. The van der Waals surface area contributed by atoms with Crippen LogP contribution in [-0.2, 0) is 129 Å². The molecule has 52 heteroatoms. The van der Waals surface area contributed by atoms with Crippen LogP contribution in [0.5, 0.6) is 0 Å². The van der Waals surface area contributed by atoms with Gasteiger partial charge >= 0.3 is 59.8 Å². The third-order valence-corrected chi connectivity index (χ3v) is 22.5. The second-order valence-corrected chi connectivity index (χ2v) is 34.8. The lowest BCUT2D eigenvalue weighted by Gasteiger charge is -2.37. The summed E-state index contributed by atoms with van der Waals surface area (Å²) in [5.74, 6) is -11.1. The van der Waals surface area contributed by atoms with E-state index in [2.05, 4.69) is 86.1 Å². The molecular weight excluding hydrogens is 2040 g/mol. The van der Waals surface area contributed by atoms with Crippen molar-refractivity contribution in [2.24, 2.45) is 0 Å². The summed E-state index contributed by atoms with van der Waals surface area (Å²) in [5.41, 5.74) is 3.91. The lowest BCUT2D eigenvalue weighted by atomic mass is 10.0. The van der Waals surface area contributed by atoms with Gasteiger partial charge in [0.1, 0.15) is 29.9 Å².